The summed E-state index contributed by atoms with van der Waals surface area (Å²) in [4.78, 5) is 23.0. The standard InChI is InChI=1S/C14H18FNO4/c1-8(2)7-10(14(18)19)16-13(17)9-5-4-6-11(20-3)12(9)15/h4-6,8,10H,7H2,1-3H3,(H,16,17)(H,18,19)/t10-/m1/s1. The summed E-state index contributed by atoms with van der Waals surface area (Å²) >= 11 is 0. The van der Waals surface area contributed by atoms with Gasteiger partial charge in [0.05, 0.1) is 12.7 Å². The van der Waals surface area contributed by atoms with Gasteiger partial charge in [0.2, 0.25) is 0 Å². The maximum Gasteiger partial charge on any atom is 0.326 e. The lowest BCUT2D eigenvalue weighted by molar-refractivity contribution is -0.139. The Kier molecular flexibility index (Phi) is 5.49. The van der Waals surface area contributed by atoms with Gasteiger partial charge in [-0.15, -0.1) is 0 Å². The molecule has 1 amide bonds. The van der Waals surface area contributed by atoms with Crippen LogP contribution >= 0.6 is 0 Å². The molecule has 6 heteroatoms. The third-order valence-electron chi connectivity index (χ3n) is 2.74. The van der Waals surface area contributed by atoms with Gasteiger partial charge < -0.3 is 15.2 Å². The molecule has 0 fully saturated rings. The summed E-state index contributed by atoms with van der Waals surface area (Å²) < 4.78 is 18.7. The van der Waals surface area contributed by atoms with Gasteiger partial charge in [-0.25, -0.2) is 9.18 Å². The number of ether oxygens (including phenoxy) is 1. The molecule has 0 bridgehead atoms. The Hall–Kier alpha value is -2.11. The molecule has 0 saturated carbocycles. The highest BCUT2D eigenvalue weighted by atomic mass is 19.1. The van der Waals surface area contributed by atoms with E-state index in [2.05, 4.69) is 5.32 Å². The highest BCUT2D eigenvalue weighted by molar-refractivity contribution is 5.97. The fraction of sp³-hybridized carbons (Fsp3) is 0.429. The van der Waals surface area contributed by atoms with Crippen molar-refractivity contribution >= 4 is 11.9 Å². The Morgan fingerprint density at radius 2 is 2.05 bits per heavy atom. The van der Waals surface area contributed by atoms with Crippen LogP contribution in [-0.2, 0) is 4.79 Å². The van der Waals surface area contributed by atoms with Crippen LogP contribution in [0.5, 0.6) is 5.75 Å². The van der Waals surface area contributed by atoms with Crippen molar-refractivity contribution in [1.29, 1.82) is 0 Å². The summed E-state index contributed by atoms with van der Waals surface area (Å²) in [5, 5.41) is 11.4. The molecule has 1 atom stereocenters. The summed E-state index contributed by atoms with van der Waals surface area (Å²) in [6.45, 7) is 3.68. The van der Waals surface area contributed by atoms with Gasteiger partial charge in [0, 0.05) is 0 Å². The van der Waals surface area contributed by atoms with Crippen molar-refractivity contribution in [2.45, 2.75) is 26.3 Å². The molecule has 1 aromatic rings. The van der Waals surface area contributed by atoms with Crippen molar-refractivity contribution in [3.8, 4) is 5.75 Å². The average Bonchev–Trinajstić information content (AvgIpc) is 2.37. The van der Waals surface area contributed by atoms with E-state index >= 15 is 0 Å². The minimum absolute atomic E-state index is 0.0617. The van der Waals surface area contributed by atoms with Gasteiger partial charge >= 0.3 is 5.97 Å². The number of hydrogen-bond donors (Lipinski definition) is 2. The molecule has 0 aromatic heterocycles. The number of carboxylic acids is 1. The van der Waals surface area contributed by atoms with Crippen LogP contribution in [0.15, 0.2) is 18.2 Å². The fourth-order valence-electron chi connectivity index (χ4n) is 1.77. The van der Waals surface area contributed by atoms with E-state index in [9.17, 15) is 14.0 Å². The topological polar surface area (TPSA) is 75.6 Å². The van der Waals surface area contributed by atoms with Gasteiger partial charge in [0.1, 0.15) is 6.04 Å². The second kappa shape index (κ2) is 6.88. The molecule has 20 heavy (non-hydrogen) atoms. The highest BCUT2D eigenvalue weighted by Gasteiger charge is 2.24. The van der Waals surface area contributed by atoms with Gasteiger partial charge in [-0.2, -0.15) is 0 Å². The molecule has 0 aliphatic heterocycles. The van der Waals surface area contributed by atoms with Crippen molar-refractivity contribution in [1.82, 2.24) is 5.32 Å². The molecular formula is C14H18FNO4. The van der Waals surface area contributed by atoms with Crippen LogP contribution in [0.25, 0.3) is 0 Å². The first-order chi connectivity index (χ1) is 9.36. The maximum atomic E-state index is 13.9. The number of aliphatic carboxylic acids is 1. The van der Waals surface area contributed by atoms with Crippen molar-refractivity contribution in [3.63, 3.8) is 0 Å². The van der Waals surface area contributed by atoms with Crippen LogP contribution in [0.2, 0.25) is 0 Å². The smallest absolute Gasteiger partial charge is 0.326 e. The lowest BCUT2D eigenvalue weighted by Crippen LogP contribution is -2.41. The molecule has 0 aliphatic rings. The van der Waals surface area contributed by atoms with Crippen molar-refractivity contribution < 1.29 is 23.8 Å². The minimum atomic E-state index is -1.14. The number of rotatable bonds is 6. The highest BCUT2D eigenvalue weighted by Crippen LogP contribution is 2.20. The summed E-state index contributed by atoms with van der Waals surface area (Å²) in [5.74, 6) is -2.69. The fourth-order valence-corrected chi connectivity index (χ4v) is 1.77. The second-order valence-corrected chi connectivity index (χ2v) is 4.82. The number of carboxylic acid groups (broad SMARTS) is 1. The quantitative estimate of drug-likeness (QED) is 0.838. The molecular weight excluding hydrogens is 265 g/mol. The summed E-state index contributed by atoms with van der Waals surface area (Å²) in [6, 6.07) is 3.08. The Bertz CT molecular complexity index is 502. The zero-order valence-corrected chi connectivity index (χ0v) is 11.6. The predicted octanol–water partition coefficient (Wildman–Crippen LogP) is 2.06. The minimum Gasteiger partial charge on any atom is -0.494 e. The predicted molar refractivity (Wildman–Crippen MR) is 71.3 cm³/mol. The van der Waals surface area contributed by atoms with E-state index in [1.165, 1.54) is 25.3 Å². The van der Waals surface area contributed by atoms with Crippen LogP contribution in [-0.4, -0.2) is 30.1 Å². The van der Waals surface area contributed by atoms with Gasteiger partial charge in [0.25, 0.3) is 5.91 Å². The molecule has 0 aliphatic carbocycles. The van der Waals surface area contributed by atoms with E-state index in [1.54, 1.807) is 0 Å². The Labute approximate surface area is 116 Å². The maximum absolute atomic E-state index is 13.9. The number of carbonyl (C=O) groups excluding carboxylic acids is 1. The molecule has 5 nitrogen and oxygen atoms in total. The summed E-state index contributed by atoms with van der Waals surface area (Å²) in [7, 11) is 1.29. The monoisotopic (exact) mass is 283 g/mol. The van der Waals surface area contributed by atoms with Gasteiger partial charge in [-0.05, 0) is 24.5 Å². The van der Waals surface area contributed by atoms with E-state index in [0.29, 0.717) is 0 Å². The zero-order chi connectivity index (χ0) is 15.3. The largest absolute Gasteiger partial charge is 0.494 e. The summed E-state index contributed by atoms with van der Waals surface area (Å²) in [6.07, 6.45) is 0.270. The SMILES string of the molecule is COc1cccc(C(=O)N[C@H](CC(C)C)C(=O)O)c1F. The van der Waals surface area contributed by atoms with Crippen LogP contribution in [0.1, 0.15) is 30.6 Å². The van der Waals surface area contributed by atoms with Crippen LogP contribution in [0.4, 0.5) is 4.39 Å². The van der Waals surface area contributed by atoms with Crippen molar-refractivity contribution in [2.24, 2.45) is 5.92 Å². The number of hydrogen-bond acceptors (Lipinski definition) is 3. The van der Waals surface area contributed by atoms with E-state index in [0.717, 1.165) is 0 Å². The van der Waals surface area contributed by atoms with Crippen LogP contribution < -0.4 is 10.1 Å². The Balaban J connectivity index is 2.92. The first-order valence-corrected chi connectivity index (χ1v) is 6.23. The first kappa shape index (κ1) is 15.9. The molecule has 1 rings (SSSR count). The molecule has 0 heterocycles. The van der Waals surface area contributed by atoms with Gasteiger partial charge in [-0.3, -0.25) is 4.79 Å². The van der Waals surface area contributed by atoms with E-state index < -0.39 is 23.7 Å². The van der Waals surface area contributed by atoms with E-state index in [-0.39, 0.29) is 23.7 Å². The third kappa shape index (κ3) is 3.94. The van der Waals surface area contributed by atoms with Crippen LogP contribution in [0.3, 0.4) is 0 Å². The molecule has 0 unspecified atom stereocenters. The first-order valence-electron chi connectivity index (χ1n) is 6.23. The third-order valence-corrected chi connectivity index (χ3v) is 2.74. The Morgan fingerprint density at radius 1 is 1.40 bits per heavy atom. The van der Waals surface area contributed by atoms with Crippen LogP contribution in [0, 0.1) is 11.7 Å². The number of carbonyl (C=O) groups is 2. The molecule has 0 saturated heterocycles. The lowest BCUT2D eigenvalue weighted by atomic mass is 10.0. The number of halogens is 1. The van der Waals surface area contributed by atoms with E-state index in [4.69, 9.17) is 9.84 Å². The molecule has 110 valence electrons. The normalized spacial score (nSPS) is 12.1. The zero-order valence-electron chi connectivity index (χ0n) is 11.6. The lowest BCUT2D eigenvalue weighted by Gasteiger charge is -2.17. The molecule has 0 radical (unpaired) electrons. The number of methoxy groups -OCH3 is 1. The Morgan fingerprint density at radius 3 is 2.55 bits per heavy atom. The van der Waals surface area contributed by atoms with E-state index in [1.807, 2.05) is 13.8 Å². The molecule has 0 spiro atoms. The second-order valence-electron chi connectivity index (χ2n) is 4.82. The number of benzene rings is 1. The van der Waals surface area contributed by atoms with Crippen molar-refractivity contribution in [2.75, 3.05) is 7.11 Å². The number of nitrogens with one attached hydrogen (secondary N) is 1. The average molecular weight is 283 g/mol. The molecule has 1 aromatic carbocycles. The number of amides is 1. The van der Waals surface area contributed by atoms with Gasteiger partial charge in [0.15, 0.2) is 11.6 Å². The van der Waals surface area contributed by atoms with Gasteiger partial charge in [-0.1, -0.05) is 19.9 Å². The van der Waals surface area contributed by atoms with Crippen molar-refractivity contribution in [3.05, 3.63) is 29.6 Å². The summed E-state index contributed by atoms with van der Waals surface area (Å²) in [5.41, 5.74) is -0.237. The molecule has 2 N–H and O–H groups in total.